The van der Waals surface area contributed by atoms with Crippen molar-refractivity contribution in [3.63, 3.8) is 0 Å². The molecule has 110 valence electrons. The average molecular weight is 285 g/mol. The minimum absolute atomic E-state index is 0.246. The largest absolute Gasteiger partial charge is 0.358 e. The third kappa shape index (κ3) is 4.24. The van der Waals surface area contributed by atoms with Gasteiger partial charge in [-0.15, -0.1) is 10.2 Å². The highest BCUT2D eigenvalue weighted by atomic mass is 16.1. The Hall–Kier alpha value is -2.50. The zero-order valence-electron chi connectivity index (χ0n) is 12.3. The van der Waals surface area contributed by atoms with Crippen molar-refractivity contribution >= 4 is 17.5 Å². The average Bonchev–Trinajstić information content (AvgIpc) is 2.54. The number of amides is 1. The van der Waals surface area contributed by atoms with Crippen LogP contribution in [0.5, 0.6) is 0 Å². The summed E-state index contributed by atoms with van der Waals surface area (Å²) in [6.07, 6.45) is 5.38. The zero-order valence-corrected chi connectivity index (χ0v) is 12.3. The number of unbranched alkanes of at least 4 members (excludes halogenated alkanes) is 1. The lowest BCUT2D eigenvalue weighted by molar-refractivity contribution is 0.102. The van der Waals surface area contributed by atoms with Crippen LogP contribution in [-0.2, 0) is 0 Å². The van der Waals surface area contributed by atoms with E-state index in [1.54, 1.807) is 24.4 Å². The number of rotatable bonds is 6. The van der Waals surface area contributed by atoms with Crippen LogP contribution in [0.15, 0.2) is 36.7 Å². The normalized spacial score (nSPS) is 10.2. The Balaban J connectivity index is 1.98. The number of aromatic nitrogens is 3. The number of carbonyl (C=O) groups excluding carboxylic acids is 1. The van der Waals surface area contributed by atoms with Crippen LogP contribution >= 0.6 is 0 Å². The highest BCUT2D eigenvalue weighted by Crippen LogP contribution is 2.11. The van der Waals surface area contributed by atoms with Crippen molar-refractivity contribution < 1.29 is 4.79 Å². The molecule has 2 heterocycles. The van der Waals surface area contributed by atoms with Gasteiger partial charge in [0.15, 0.2) is 11.6 Å². The minimum Gasteiger partial charge on any atom is -0.358 e. The third-order valence-corrected chi connectivity index (χ3v) is 3.05. The molecule has 0 saturated heterocycles. The molecule has 0 aliphatic carbocycles. The lowest BCUT2D eigenvalue weighted by Crippen LogP contribution is -2.20. The maximum absolute atomic E-state index is 11.9. The van der Waals surface area contributed by atoms with E-state index in [2.05, 4.69) is 27.4 Å². The summed E-state index contributed by atoms with van der Waals surface area (Å²) >= 11 is 0. The van der Waals surface area contributed by atoms with Gasteiger partial charge in [0.25, 0.3) is 5.91 Å². The van der Waals surface area contributed by atoms with Crippen LogP contribution in [0.25, 0.3) is 0 Å². The van der Waals surface area contributed by atoms with Crippen LogP contribution in [0.4, 0.5) is 11.6 Å². The second kappa shape index (κ2) is 7.33. The summed E-state index contributed by atoms with van der Waals surface area (Å²) in [5.41, 5.74) is 0.489. The summed E-state index contributed by atoms with van der Waals surface area (Å²) < 4.78 is 0. The standard InChI is InChI=1S/C15H19N5O/c1-3-4-10-20(2)14-8-7-13(18-19-14)17-15(21)12-6-5-9-16-11-12/h5-9,11H,3-4,10H2,1-2H3,(H,17,18,21). The fraction of sp³-hybridized carbons (Fsp3) is 0.333. The highest BCUT2D eigenvalue weighted by Gasteiger charge is 2.08. The highest BCUT2D eigenvalue weighted by molar-refractivity contribution is 6.03. The third-order valence-electron chi connectivity index (χ3n) is 3.05. The monoisotopic (exact) mass is 285 g/mol. The summed E-state index contributed by atoms with van der Waals surface area (Å²) in [5, 5.41) is 10.8. The fourth-order valence-corrected chi connectivity index (χ4v) is 1.79. The van der Waals surface area contributed by atoms with Gasteiger partial charge in [-0.2, -0.15) is 0 Å². The van der Waals surface area contributed by atoms with Crippen LogP contribution in [0.3, 0.4) is 0 Å². The molecule has 2 aromatic heterocycles. The van der Waals surface area contributed by atoms with Crippen molar-refractivity contribution in [2.75, 3.05) is 23.8 Å². The predicted molar refractivity (Wildman–Crippen MR) is 82.4 cm³/mol. The molecule has 1 amide bonds. The topological polar surface area (TPSA) is 71.0 Å². The first-order chi connectivity index (χ1) is 10.2. The van der Waals surface area contributed by atoms with Crippen LogP contribution in [0.2, 0.25) is 0 Å². The van der Waals surface area contributed by atoms with Crippen molar-refractivity contribution in [2.24, 2.45) is 0 Å². The molecule has 2 aromatic rings. The molecule has 0 bridgehead atoms. The Morgan fingerprint density at radius 2 is 2.14 bits per heavy atom. The maximum Gasteiger partial charge on any atom is 0.258 e. The molecule has 0 aromatic carbocycles. The first-order valence-corrected chi connectivity index (χ1v) is 6.97. The zero-order chi connectivity index (χ0) is 15.1. The summed E-state index contributed by atoms with van der Waals surface area (Å²) in [5.74, 6) is 0.976. The quantitative estimate of drug-likeness (QED) is 0.882. The summed E-state index contributed by atoms with van der Waals surface area (Å²) in [4.78, 5) is 17.9. The Morgan fingerprint density at radius 1 is 1.29 bits per heavy atom. The summed E-state index contributed by atoms with van der Waals surface area (Å²) in [6.45, 7) is 3.09. The summed E-state index contributed by atoms with van der Waals surface area (Å²) in [7, 11) is 1.98. The van der Waals surface area contributed by atoms with E-state index in [9.17, 15) is 4.79 Å². The fourth-order valence-electron chi connectivity index (χ4n) is 1.79. The van der Waals surface area contributed by atoms with Gasteiger partial charge < -0.3 is 10.2 Å². The number of nitrogens with one attached hydrogen (secondary N) is 1. The van der Waals surface area contributed by atoms with Crippen molar-refractivity contribution in [1.29, 1.82) is 0 Å². The first kappa shape index (κ1) is 14.9. The lowest BCUT2D eigenvalue weighted by atomic mass is 10.3. The molecule has 21 heavy (non-hydrogen) atoms. The molecular formula is C15H19N5O. The second-order valence-corrected chi connectivity index (χ2v) is 4.75. The van der Waals surface area contributed by atoms with Crippen molar-refractivity contribution in [3.05, 3.63) is 42.2 Å². The summed E-state index contributed by atoms with van der Waals surface area (Å²) in [6, 6.07) is 7.01. The number of anilines is 2. The van der Waals surface area contributed by atoms with Gasteiger partial charge in [0.2, 0.25) is 0 Å². The smallest absolute Gasteiger partial charge is 0.258 e. The van der Waals surface area contributed by atoms with Crippen molar-refractivity contribution in [2.45, 2.75) is 19.8 Å². The molecule has 0 aliphatic heterocycles. The molecule has 2 rings (SSSR count). The lowest BCUT2D eigenvalue weighted by Gasteiger charge is -2.16. The number of pyridine rings is 1. The SMILES string of the molecule is CCCCN(C)c1ccc(NC(=O)c2cccnc2)nn1. The van der Waals surface area contributed by atoms with E-state index in [0.717, 1.165) is 25.2 Å². The Labute approximate surface area is 124 Å². The number of carbonyl (C=O) groups is 1. The van der Waals surface area contributed by atoms with Gasteiger partial charge in [-0.3, -0.25) is 9.78 Å². The second-order valence-electron chi connectivity index (χ2n) is 4.75. The van der Waals surface area contributed by atoms with Crippen LogP contribution in [-0.4, -0.2) is 34.7 Å². The van der Waals surface area contributed by atoms with Crippen LogP contribution < -0.4 is 10.2 Å². The van der Waals surface area contributed by atoms with Crippen LogP contribution in [0.1, 0.15) is 30.1 Å². The minimum atomic E-state index is -0.246. The number of hydrogen-bond acceptors (Lipinski definition) is 5. The van der Waals surface area contributed by atoms with Gasteiger partial charge in [0, 0.05) is 26.0 Å². The van der Waals surface area contributed by atoms with E-state index in [-0.39, 0.29) is 5.91 Å². The molecule has 6 heteroatoms. The molecule has 0 unspecified atom stereocenters. The Bertz CT molecular complexity index is 570. The molecular weight excluding hydrogens is 266 g/mol. The van der Waals surface area contributed by atoms with Gasteiger partial charge in [-0.1, -0.05) is 13.3 Å². The van der Waals surface area contributed by atoms with Gasteiger partial charge >= 0.3 is 0 Å². The molecule has 0 aliphatic rings. The number of nitrogens with zero attached hydrogens (tertiary/aromatic N) is 4. The Morgan fingerprint density at radius 3 is 2.76 bits per heavy atom. The van der Waals surface area contributed by atoms with E-state index in [1.165, 1.54) is 6.20 Å². The van der Waals surface area contributed by atoms with Crippen molar-refractivity contribution in [1.82, 2.24) is 15.2 Å². The molecule has 0 fully saturated rings. The molecule has 6 nitrogen and oxygen atoms in total. The van der Waals surface area contributed by atoms with E-state index in [1.807, 2.05) is 18.0 Å². The molecule has 0 spiro atoms. The van der Waals surface area contributed by atoms with Gasteiger partial charge in [-0.25, -0.2) is 0 Å². The molecule has 0 atom stereocenters. The molecule has 0 radical (unpaired) electrons. The van der Waals surface area contributed by atoms with Gasteiger partial charge in [0.1, 0.15) is 0 Å². The van der Waals surface area contributed by atoms with Gasteiger partial charge in [0.05, 0.1) is 5.56 Å². The van der Waals surface area contributed by atoms with E-state index < -0.39 is 0 Å². The number of hydrogen-bond donors (Lipinski definition) is 1. The van der Waals surface area contributed by atoms with E-state index in [0.29, 0.717) is 11.4 Å². The van der Waals surface area contributed by atoms with E-state index >= 15 is 0 Å². The van der Waals surface area contributed by atoms with Crippen molar-refractivity contribution in [3.8, 4) is 0 Å². The first-order valence-electron chi connectivity index (χ1n) is 6.97. The predicted octanol–water partition coefficient (Wildman–Crippen LogP) is 2.36. The molecule has 1 N–H and O–H groups in total. The molecule has 0 saturated carbocycles. The van der Waals surface area contributed by atoms with E-state index in [4.69, 9.17) is 0 Å². The maximum atomic E-state index is 11.9. The van der Waals surface area contributed by atoms with Crippen LogP contribution in [0, 0.1) is 0 Å². The Kier molecular flexibility index (Phi) is 5.20. The van der Waals surface area contributed by atoms with Gasteiger partial charge in [-0.05, 0) is 30.7 Å².